The van der Waals surface area contributed by atoms with E-state index < -0.39 is 6.04 Å². The molecule has 2 aliphatic rings. The van der Waals surface area contributed by atoms with Crippen molar-refractivity contribution in [1.82, 2.24) is 4.90 Å². The topological polar surface area (TPSA) is 58.6 Å². The smallest absolute Gasteiger partial charge is 0.252 e. The van der Waals surface area contributed by atoms with Gasteiger partial charge >= 0.3 is 0 Å². The molecule has 1 aliphatic carbocycles. The second-order valence-electron chi connectivity index (χ2n) is 6.17. The number of imide groups is 1. The minimum absolute atomic E-state index is 0.0657. The Morgan fingerprint density at radius 2 is 1.58 bits per heavy atom. The number of hydrogen-bond donors (Lipinski definition) is 1. The van der Waals surface area contributed by atoms with Gasteiger partial charge in [-0.2, -0.15) is 0 Å². The zero-order valence-corrected chi connectivity index (χ0v) is 13.1. The second-order valence-corrected chi connectivity index (χ2v) is 6.17. The third-order valence-electron chi connectivity index (χ3n) is 4.27. The SMILES string of the molecule is O=C1C[C@@H](Nc2ccc(Oc3ccccc3)cc2)C(=O)N1C1CC1. The molecule has 2 amide bonds. The molecule has 122 valence electrons. The maximum atomic E-state index is 12.3. The van der Waals surface area contributed by atoms with Gasteiger partial charge in [-0.15, -0.1) is 0 Å². The normalized spacial score (nSPS) is 20.3. The van der Waals surface area contributed by atoms with Gasteiger partial charge in [0.1, 0.15) is 17.5 Å². The number of para-hydroxylation sites is 1. The first-order chi connectivity index (χ1) is 11.7. The second kappa shape index (κ2) is 6.00. The lowest BCUT2D eigenvalue weighted by molar-refractivity contribution is -0.139. The van der Waals surface area contributed by atoms with Crippen molar-refractivity contribution in [3.63, 3.8) is 0 Å². The van der Waals surface area contributed by atoms with Crippen molar-refractivity contribution in [2.75, 3.05) is 5.32 Å². The molecule has 4 rings (SSSR count). The van der Waals surface area contributed by atoms with Crippen LogP contribution in [0.15, 0.2) is 54.6 Å². The molecule has 0 radical (unpaired) electrons. The number of amides is 2. The highest BCUT2D eigenvalue weighted by atomic mass is 16.5. The lowest BCUT2D eigenvalue weighted by atomic mass is 10.2. The van der Waals surface area contributed by atoms with E-state index in [0.29, 0.717) is 0 Å². The van der Waals surface area contributed by atoms with Gasteiger partial charge in [0.2, 0.25) is 5.91 Å². The number of rotatable bonds is 5. The van der Waals surface area contributed by atoms with Crippen molar-refractivity contribution in [3.8, 4) is 11.5 Å². The Morgan fingerprint density at radius 3 is 2.25 bits per heavy atom. The third kappa shape index (κ3) is 2.97. The number of benzene rings is 2. The van der Waals surface area contributed by atoms with Crippen LogP contribution in [-0.2, 0) is 9.59 Å². The molecule has 1 atom stereocenters. The average molecular weight is 322 g/mol. The van der Waals surface area contributed by atoms with Crippen LogP contribution >= 0.6 is 0 Å². The zero-order chi connectivity index (χ0) is 16.5. The number of ether oxygens (including phenoxy) is 1. The summed E-state index contributed by atoms with van der Waals surface area (Å²) in [6.07, 6.45) is 2.11. The Bertz CT molecular complexity index is 754. The van der Waals surface area contributed by atoms with Crippen molar-refractivity contribution in [3.05, 3.63) is 54.6 Å². The van der Waals surface area contributed by atoms with E-state index in [9.17, 15) is 9.59 Å². The Balaban J connectivity index is 1.40. The average Bonchev–Trinajstić information content (AvgIpc) is 3.38. The van der Waals surface area contributed by atoms with Gasteiger partial charge in [-0.05, 0) is 49.2 Å². The summed E-state index contributed by atoms with van der Waals surface area (Å²) >= 11 is 0. The largest absolute Gasteiger partial charge is 0.457 e. The summed E-state index contributed by atoms with van der Waals surface area (Å²) in [5.41, 5.74) is 0.805. The maximum absolute atomic E-state index is 12.3. The van der Waals surface area contributed by atoms with Gasteiger partial charge in [-0.25, -0.2) is 0 Å². The summed E-state index contributed by atoms with van der Waals surface area (Å²) in [6, 6.07) is 16.6. The predicted octanol–water partition coefficient (Wildman–Crippen LogP) is 3.18. The standard InChI is InChI=1S/C19H18N2O3/c22-18-12-17(19(23)21(18)14-8-9-14)20-13-6-10-16(11-7-13)24-15-4-2-1-3-5-15/h1-7,10-11,14,17,20H,8-9,12H2/t17-/m1/s1. The number of anilines is 1. The highest BCUT2D eigenvalue weighted by Crippen LogP contribution is 2.32. The Labute approximate surface area is 140 Å². The first kappa shape index (κ1) is 14.8. The first-order valence-electron chi connectivity index (χ1n) is 8.16. The number of hydrogen-bond acceptors (Lipinski definition) is 4. The van der Waals surface area contributed by atoms with Crippen LogP contribution in [0.4, 0.5) is 5.69 Å². The summed E-state index contributed by atoms with van der Waals surface area (Å²) in [7, 11) is 0. The van der Waals surface area contributed by atoms with Crippen molar-refractivity contribution in [2.45, 2.75) is 31.3 Å². The summed E-state index contributed by atoms with van der Waals surface area (Å²) in [5.74, 6) is 1.33. The van der Waals surface area contributed by atoms with Gasteiger partial charge in [-0.1, -0.05) is 18.2 Å². The highest BCUT2D eigenvalue weighted by Gasteiger charge is 2.46. The van der Waals surface area contributed by atoms with Crippen molar-refractivity contribution < 1.29 is 14.3 Å². The number of carbonyl (C=O) groups excluding carboxylic acids is 2. The van der Waals surface area contributed by atoms with Gasteiger partial charge in [0.05, 0.1) is 6.42 Å². The predicted molar refractivity (Wildman–Crippen MR) is 89.9 cm³/mol. The van der Waals surface area contributed by atoms with Gasteiger partial charge in [0.25, 0.3) is 5.91 Å². The van der Waals surface area contributed by atoms with Crippen LogP contribution in [0.25, 0.3) is 0 Å². The summed E-state index contributed by atoms with van der Waals surface area (Å²) in [4.78, 5) is 25.7. The maximum Gasteiger partial charge on any atom is 0.252 e. The fraction of sp³-hybridized carbons (Fsp3) is 0.263. The number of likely N-dealkylation sites (tertiary alicyclic amines) is 1. The molecule has 24 heavy (non-hydrogen) atoms. The van der Waals surface area contributed by atoms with E-state index in [-0.39, 0.29) is 24.3 Å². The van der Waals surface area contributed by atoms with Crippen LogP contribution < -0.4 is 10.1 Å². The Morgan fingerprint density at radius 1 is 0.917 bits per heavy atom. The molecular weight excluding hydrogens is 304 g/mol. The molecule has 1 saturated carbocycles. The van der Waals surface area contributed by atoms with Crippen molar-refractivity contribution in [1.29, 1.82) is 0 Å². The van der Waals surface area contributed by atoms with Crippen LogP contribution in [0, 0.1) is 0 Å². The monoisotopic (exact) mass is 322 g/mol. The van der Waals surface area contributed by atoms with E-state index in [1.807, 2.05) is 54.6 Å². The molecular formula is C19H18N2O3. The van der Waals surface area contributed by atoms with Crippen LogP contribution in [0.5, 0.6) is 11.5 Å². The molecule has 1 saturated heterocycles. The Kier molecular flexibility index (Phi) is 3.69. The molecule has 0 unspecified atom stereocenters. The van der Waals surface area contributed by atoms with Crippen LogP contribution in [0.3, 0.4) is 0 Å². The van der Waals surface area contributed by atoms with Crippen LogP contribution in [0.1, 0.15) is 19.3 Å². The quantitative estimate of drug-likeness (QED) is 0.859. The molecule has 1 heterocycles. The van der Waals surface area contributed by atoms with Crippen molar-refractivity contribution in [2.24, 2.45) is 0 Å². The summed E-state index contributed by atoms with van der Waals surface area (Å²) in [6.45, 7) is 0. The molecule has 0 bridgehead atoms. The molecule has 0 aromatic heterocycles. The van der Waals surface area contributed by atoms with E-state index in [2.05, 4.69) is 5.32 Å². The van der Waals surface area contributed by atoms with Gasteiger partial charge < -0.3 is 10.1 Å². The third-order valence-corrected chi connectivity index (χ3v) is 4.27. The zero-order valence-electron chi connectivity index (χ0n) is 13.1. The van der Waals surface area contributed by atoms with Crippen LogP contribution in [0.2, 0.25) is 0 Å². The fourth-order valence-corrected chi connectivity index (χ4v) is 2.93. The molecule has 1 aliphatic heterocycles. The van der Waals surface area contributed by atoms with Crippen molar-refractivity contribution >= 4 is 17.5 Å². The van der Waals surface area contributed by atoms with Crippen LogP contribution in [-0.4, -0.2) is 28.8 Å². The van der Waals surface area contributed by atoms with E-state index in [1.54, 1.807) is 0 Å². The van der Waals surface area contributed by atoms with Gasteiger partial charge in [-0.3, -0.25) is 14.5 Å². The number of nitrogens with one attached hydrogen (secondary N) is 1. The Hall–Kier alpha value is -2.82. The summed E-state index contributed by atoms with van der Waals surface area (Å²) < 4.78 is 5.74. The lowest BCUT2D eigenvalue weighted by Gasteiger charge is -2.15. The van der Waals surface area contributed by atoms with Gasteiger partial charge in [0, 0.05) is 11.7 Å². The van der Waals surface area contributed by atoms with Gasteiger partial charge in [0.15, 0.2) is 0 Å². The molecule has 0 spiro atoms. The lowest BCUT2D eigenvalue weighted by Crippen LogP contribution is -2.36. The van der Waals surface area contributed by atoms with E-state index in [0.717, 1.165) is 30.0 Å². The minimum atomic E-state index is -0.459. The molecule has 2 aromatic carbocycles. The molecule has 1 N–H and O–H groups in total. The molecule has 2 fully saturated rings. The molecule has 2 aromatic rings. The van der Waals surface area contributed by atoms with E-state index >= 15 is 0 Å². The van der Waals surface area contributed by atoms with E-state index in [1.165, 1.54) is 4.90 Å². The van der Waals surface area contributed by atoms with E-state index in [4.69, 9.17) is 4.74 Å². The highest BCUT2D eigenvalue weighted by molar-refractivity contribution is 6.07. The summed E-state index contributed by atoms with van der Waals surface area (Å²) in [5, 5.41) is 3.16. The fourth-order valence-electron chi connectivity index (χ4n) is 2.93. The first-order valence-corrected chi connectivity index (χ1v) is 8.16. The number of nitrogens with zero attached hydrogens (tertiary/aromatic N) is 1. The minimum Gasteiger partial charge on any atom is -0.457 e. The number of carbonyl (C=O) groups is 2. The molecule has 5 heteroatoms. The molecule has 5 nitrogen and oxygen atoms in total.